The monoisotopic (exact) mass is 467 g/mol. The van der Waals surface area contributed by atoms with E-state index in [0.717, 1.165) is 33.3 Å². The Bertz CT molecular complexity index is 1430. The molecule has 0 radical (unpaired) electrons. The van der Waals surface area contributed by atoms with Crippen LogP contribution in [0.5, 0.6) is 11.5 Å². The summed E-state index contributed by atoms with van der Waals surface area (Å²) in [6.07, 6.45) is 4.12. The lowest BCUT2D eigenvalue weighted by Crippen LogP contribution is -2.03. The molecule has 0 saturated heterocycles. The minimum Gasteiger partial charge on any atom is -0.490 e. The van der Waals surface area contributed by atoms with Crippen LogP contribution >= 0.6 is 0 Å². The molecule has 0 saturated carbocycles. The summed E-state index contributed by atoms with van der Waals surface area (Å²) in [4.78, 5) is 7.82. The Kier molecular flexibility index (Phi) is 7.27. The maximum Gasteiger partial charge on any atom is 0.165 e. The van der Waals surface area contributed by atoms with E-state index in [9.17, 15) is 9.65 Å². The zero-order valence-electron chi connectivity index (χ0n) is 19.8. The predicted molar refractivity (Wildman–Crippen MR) is 137 cm³/mol. The molecule has 4 aromatic rings. The Balaban J connectivity index is 1.71. The van der Waals surface area contributed by atoms with Gasteiger partial charge in [0.1, 0.15) is 24.3 Å². The second-order valence-electron chi connectivity index (χ2n) is 8.12. The number of allylic oxidation sites excluding steroid dienone is 2. The van der Waals surface area contributed by atoms with Gasteiger partial charge in [0.25, 0.3) is 0 Å². The highest BCUT2D eigenvalue weighted by Crippen LogP contribution is 2.36. The predicted octanol–water partition coefficient (Wildman–Crippen LogP) is 6.78. The summed E-state index contributed by atoms with van der Waals surface area (Å²) in [7, 11) is 0. The summed E-state index contributed by atoms with van der Waals surface area (Å²) in [5.41, 5.74) is 5.71. The van der Waals surface area contributed by atoms with Gasteiger partial charge in [0.15, 0.2) is 11.5 Å². The van der Waals surface area contributed by atoms with E-state index in [4.69, 9.17) is 9.47 Å². The topological polar surface area (TPSA) is 70.9 Å². The Morgan fingerprint density at radius 2 is 1.94 bits per heavy atom. The molecular weight excluding hydrogens is 441 g/mol. The number of nitrogens with one attached hydrogen (secondary N) is 1. The van der Waals surface area contributed by atoms with Gasteiger partial charge in [-0.2, -0.15) is 5.26 Å². The second-order valence-corrected chi connectivity index (χ2v) is 8.12. The fourth-order valence-electron chi connectivity index (χ4n) is 3.81. The zero-order valence-corrected chi connectivity index (χ0v) is 19.8. The van der Waals surface area contributed by atoms with E-state index in [-0.39, 0.29) is 12.4 Å². The lowest BCUT2D eigenvalue weighted by atomic mass is 10.0. The third-order valence-corrected chi connectivity index (χ3v) is 5.44. The van der Waals surface area contributed by atoms with E-state index in [1.807, 2.05) is 44.2 Å². The number of aryl methyl sites for hydroxylation is 1. The van der Waals surface area contributed by atoms with Crippen molar-refractivity contribution < 1.29 is 13.9 Å². The van der Waals surface area contributed by atoms with Crippen molar-refractivity contribution in [3.8, 4) is 17.6 Å². The molecule has 0 fully saturated rings. The van der Waals surface area contributed by atoms with Gasteiger partial charge in [0.05, 0.1) is 23.2 Å². The number of aromatic nitrogens is 2. The van der Waals surface area contributed by atoms with Crippen LogP contribution < -0.4 is 9.47 Å². The molecular formula is C29H26FN3O2. The van der Waals surface area contributed by atoms with Crippen LogP contribution in [0.2, 0.25) is 0 Å². The van der Waals surface area contributed by atoms with Crippen LogP contribution in [0.3, 0.4) is 0 Å². The highest BCUT2D eigenvalue weighted by molar-refractivity contribution is 5.90. The molecule has 0 bridgehead atoms. The van der Waals surface area contributed by atoms with Gasteiger partial charge in [0, 0.05) is 5.56 Å². The lowest BCUT2D eigenvalue weighted by Gasteiger charge is -2.17. The minimum atomic E-state index is -0.292. The highest BCUT2D eigenvalue weighted by Gasteiger charge is 2.15. The molecule has 0 aliphatic heterocycles. The summed E-state index contributed by atoms with van der Waals surface area (Å²) in [6, 6.07) is 18.2. The number of hydrogen-bond donors (Lipinski definition) is 1. The van der Waals surface area contributed by atoms with Crippen molar-refractivity contribution in [1.29, 1.82) is 5.26 Å². The molecule has 1 aromatic heterocycles. The number of H-pyrrole nitrogens is 1. The summed E-state index contributed by atoms with van der Waals surface area (Å²) in [6.45, 7) is 8.49. The van der Waals surface area contributed by atoms with E-state index >= 15 is 0 Å². The van der Waals surface area contributed by atoms with Crippen molar-refractivity contribution in [2.75, 3.05) is 6.61 Å². The number of rotatable bonds is 9. The number of nitrogens with zero attached hydrogens (tertiary/aromatic N) is 2. The molecule has 5 nitrogen and oxygen atoms in total. The Hall–Kier alpha value is -4.37. The van der Waals surface area contributed by atoms with Crippen molar-refractivity contribution in [3.63, 3.8) is 0 Å². The number of halogens is 1. The van der Waals surface area contributed by atoms with Crippen LogP contribution in [0, 0.1) is 24.1 Å². The smallest absolute Gasteiger partial charge is 0.165 e. The van der Waals surface area contributed by atoms with Crippen LogP contribution in [0.25, 0.3) is 22.7 Å². The van der Waals surface area contributed by atoms with Crippen LogP contribution in [0.4, 0.5) is 4.39 Å². The van der Waals surface area contributed by atoms with Gasteiger partial charge in [-0.05, 0) is 79.4 Å². The molecule has 3 aromatic carbocycles. The van der Waals surface area contributed by atoms with E-state index in [2.05, 4.69) is 22.6 Å². The first-order valence-electron chi connectivity index (χ1n) is 11.4. The van der Waals surface area contributed by atoms with Crippen LogP contribution in [0.1, 0.15) is 35.0 Å². The third-order valence-electron chi connectivity index (χ3n) is 5.44. The van der Waals surface area contributed by atoms with Gasteiger partial charge in [0.2, 0.25) is 0 Å². The summed E-state index contributed by atoms with van der Waals surface area (Å²) in [5, 5.41) is 9.87. The highest BCUT2D eigenvalue weighted by atomic mass is 19.1. The Labute approximate surface area is 204 Å². The molecule has 6 heteroatoms. The van der Waals surface area contributed by atoms with Gasteiger partial charge in [-0.1, -0.05) is 24.3 Å². The van der Waals surface area contributed by atoms with Crippen molar-refractivity contribution in [3.05, 3.63) is 101 Å². The van der Waals surface area contributed by atoms with Crippen molar-refractivity contribution in [1.82, 2.24) is 9.97 Å². The Morgan fingerprint density at radius 1 is 1.14 bits per heavy atom. The number of imidazole rings is 1. The molecule has 0 aliphatic rings. The second kappa shape index (κ2) is 10.7. The molecule has 0 spiro atoms. The number of ether oxygens (including phenoxy) is 2. The normalized spacial score (nSPS) is 11.3. The van der Waals surface area contributed by atoms with E-state index < -0.39 is 0 Å². The standard InChI is InChI=1S/C29H26FN3O2/c1-4-6-22-14-21(15-23(17-31)29-32-25-12-7-19(3)13-26(25)33-29)16-27(34-5-2)28(22)35-18-20-8-10-24(30)11-9-20/h4,7-16H,1,5-6,18H2,2-3H3,(H,32,33). The average Bonchev–Trinajstić information content (AvgIpc) is 3.26. The van der Waals surface area contributed by atoms with Gasteiger partial charge >= 0.3 is 0 Å². The van der Waals surface area contributed by atoms with E-state index in [0.29, 0.717) is 35.9 Å². The molecule has 0 atom stereocenters. The third kappa shape index (κ3) is 5.59. The molecule has 1 N–H and O–H groups in total. The summed E-state index contributed by atoms with van der Waals surface area (Å²) < 4.78 is 25.3. The zero-order chi connectivity index (χ0) is 24.8. The van der Waals surface area contributed by atoms with Gasteiger partial charge in [-0.15, -0.1) is 6.58 Å². The number of benzene rings is 3. The molecule has 0 unspecified atom stereocenters. The molecule has 35 heavy (non-hydrogen) atoms. The lowest BCUT2D eigenvalue weighted by molar-refractivity contribution is 0.267. The van der Waals surface area contributed by atoms with Gasteiger partial charge in [-0.25, -0.2) is 9.37 Å². The Morgan fingerprint density at radius 3 is 2.66 bits per heavy atom. The molecule has 1 heterocycles. The van der Waals surface area contributed by atoms with Gasteiger partial charge in [-0.3, -0.25) is 0 Å². The number of hydrogen-bond acceptors (Lipinski definition) is 4. The van der Waals surface area contributed by atoms with Crippen LogP contribution in [0.15, 0.2) is 67.3 Å². The quantitative estimate of drug-likeness (QED) is 0.218. The maximum atomic E-state index is 13.3. The van der Waals surface area contributed by atoms with Crippen molar-refractivity contribution in [2.45, 2.75) is 26.9 Å². The molecule has 0 amide bonds. The minimum absolute atomic E-state index is 0.265. The maximum absolute atomic E-state index is 13.3. The fourth-order valence-corrected chi connectivity index (χ4v) is 3.81. The number of aromatic amines is 1. The van der Waals surface area contributed by atoms with Crippen LogP contribution in [-0.2, 0) is 13.0 Å². The van der Waals surface area contributed by atoms with Crippen LogP contribution in [-0.4, -0.2) is 16.6 Å². The first-order valence-corrected chi connectivity index (χ1v) is 11.4. The fraction of sp³-hybridized carbons (Fsp3) is 0.172. The first kappa shape index (κ1) is 23.8. The molecule has 0 aliphatic carbocycles. The number of fused-ring (bicyclic) bond motifs is 1. The SMILES string of the molecule is C=CCc1cc(C=C(C#N)c2nc3ccc(C)cc3[nH]2)cc(OCC)c1OCc1ccc(F)cc1. The van der Waals surface area contributed by atoms with E-state index in [1.165, 1.54) is 12.1 Å². The molecule has 4 rings (SSSR count). The molecule has 176 valence electrons. The summed E-state index contributed by atoms with van der Waals surface area (Å²) in [5.74, 6) is 1.39. The number of nitriles is 1. The van der Waals surface area contributed by atoms with E-state index in [1.54, 1.807) is 24.3 Å². The van der Waals surface area contributed by atoms with Gasteiger partial charge < -0.3 is 14.5 Å². The largest absolute Gasteiger partial charge is 0.490 e. The first-order chi connectivity index (χ1) is 17.0. The van der Waals surface area contributed by atoms with Crippen molar-refractivity contribution in [2.24, 2.45) is 0 Å². The average molecular weight is 468 g/mol. The van der Waals surface area contributed by atoms with Crippen molar-refractivity contribution >= 4 is 22.7 Å². The summed E-state index contributed by atoms with van der Waals surface area (Å²) >= 11 is 0.